The Labute approximate surface area is 111 Å². The van der Waals surface area contributed by atoms with Crippen molar-refractivity contribution in [3.05, 3.63) is 28.4 Å². The Morgan fingerprint density at radius 2 is 2.33 bits per heavy atom. The van der Waals surface area contributed by atoms with Crippen LogP contribution in [-0.2, 0) is 6.42 Å². The number of fused-ring (bicyclic) bond motifs is 3. The largest absolute Gasteiger partial charge is 0.495 e. The number of hydrogen-bond acceptors (Lipinski definition) is 2. The summed E-state index contributed by atoms with van der Waals surface area (Å²) in [4.78, 5) is 3.48. The number of nitrogens with two attached hydrogens (primary N) is 1. The van der Waals surface area contributed by atoms with E-state index in [-0.39, 0.29) is 0 Å². The van der Waals surface area contributed by atoms with E-state index in [9.17, 15) is 0 Å². The van der Waals surface area contributed by atoms with Crippen LogP contribution in [0.4, 0.5) is 0 Å². The SMILES string of the molecule is COc1cc2c3c([nH]c2cc1Cl)CCCC3CN. The summed E-state index contributed by atoms with van der Waals surface area (Å²) in [5.41, 5.74) is 9.67. The molecule has 1 aliphatic carbocycles. The smallest absolute Gasteiger partial charge is 0.138 e. The number of methoxy groups -OCH3 is 1. The minimum Gasteiger partial charge on any atom is -0.495 e. The zero-order valence-electron chi connectivity index (χ0n) is 10.4. The fraction of sp³-hybridized carbons (Fsp3) is 0.429. The second-order valence-corrected chi connectivity index (χ2v) is 5.28. The number of aryl methyl sites for hydroxylation is 1. The number of aromatic amines is 1. The summed E-state index contributed by atoms with van der Waals surface area (Å²) in [5, 5.41) is 1.86. The molecule has 0 amide bonds. The van der Waals surface area contributed by atoms with Gasteiger partial charge in [0.25, 0.3) is 0 Å². The summed E-state index contributed by atoms with van der Waals surface area (Å²) in [7, 11) is 1.65. The fourth-order valence-corrected chi connectivity index (χ4v) is 3.24. The molecule has 18 heavy (non-hydrogen) atoms. The molecule has 4 heteroatoms. The van der Waals surface area contributed by atoms with Gasteiger partial charge in [-0.2, -0.15) is 0 Å². The number of halogens is 1. The molecule has 0 aliphatic heterocycles. The van der Waals surface area contributed by atoms with Crippen LogP contribution in [0.3, 0.4) is 0 Å². The third-order valence-corrected chi connectivity index (χ3v) is 4.16. The van der Waals surface area contributed by atoms with Crippen molar-refractivity contribution in [2.45, 2.75) is 25.2 Å². The van der Waals surface area contributed by atoms with E-state index in [1.165, 1.54) is 29.5 Å². The van der Waals surface area contributed by atoms with Crippen molar-refractivity contribution in [2.24, 2.45) is 5.73 Å². The van der Waals surface area contributed by atoms with Crippen LogP contribution in [0.1, 0.15) is 30.0 Å². The first-order valence-electron chi connectivity index (χ1n) is 6.32. The van der Waals surface area contributed by atoms with Gasteiger partial charge < -0.3 is 15.5 Å². The van der Waals surface area contributed by atoms with Crippen LogP contribution in [0.25, 0.3) is 10.9 Å². The molecule has 1 atom stereocenters. The lowest BCUT2D eigenvalue weighted by atomic mass is 9.85. The van der Waals surface area contributed by atoms with Crippen molar-refractivity contribution in [2.75, 3.05) is 13.7 Å². The maximum absolute atomic E-state index is 6.17. The van der Waals surface area contributed by atoms with Crippen LogP contribution >= 0.6 is 11.6 Å². The van der Waals surface area contributed by atoms with E-state index in [1.807, 2.05) is 12.1 Å². The number of benzene rings is 1. The Morgan fingerprint density at radius 3 is 3.06 bits per heavy atom. The van der Waals surface area contributed by atoms with E-state index in [0.717, 1.165) is 17.7 Å². The second-order valence-electron chi connectivity index (χ2n) is 4.87. The summed E-state index contributed by atoms with van der Waals surface area (Å²) in [6, 6.07) is 3.97. The second kappa shape index (κ2) is 4.48. The lowest BCUT2D eigenvalue weighted by molar-refractivity contribution is 0.415. The van der Waals surface area contributed by atoms with E-state index in [1.54, 1.807) is 7.11 Å². The zero-order chi connectivity index (χ0) is 12.7. The zero-order valence-corrected chi connectivity index (χ0v) is 11.2. The molecule has 1 aliphatic rings. The lowest BCUT2D eigenvalue weighted by Gasteiger charge is -2.21. The molecule has 1 aromatic heterocycles. The van der Waals surface area contributed by atoms with Crippen molar-refractivity contribution in [3.63, 3.8) is 0 Å². The Bertz CT molecular complexity index is 591. The topological polar surface area (TPSA) is 51.0 Å². The van der Waals surface area contributed by atoms with Gasteiger partial charge in [0.1, 0.15) is 5.75 Å². The molecule has 0 saturated heterocycles. The van der Waals surface area contributed by atoms with Gasteiger partial charge in [-0.3, -0.25) is 0 Å². The lowest BCUT2D eigenvalue weighted by Crippen LogP contribution is -2.17. The molecule has 0 fully saturated rings. The summed E-state index contributed by atoms with van der Waals surface area (Å²) >= 11 is 6.17. The highest BCUT2D eigenvalue weighted by molar-refractivity contribution is 6.32. The van der Waals surface area contributed by atoms with Crippen LogP contribution in [0.2, 0.25) is 5.02 Å². The molecular formula is C14H17ClN2O. The quantitative estimate of drug-likeness (QED) is 0.875. The maximum Gasteiger partial charge on any atom is 0.138 e. The van der Waals surface area contributed by atoms with Gasteiger partial charge in [0.2, 0.25) is 0 Å². The van der Waals surface area contributed by atoms with Crippen LogP contribution in [0.15, 0.2) is 12.1 Å². The predicted octanol–water partition coefficient (Wildman–Crippen LogP) is 3.21. The van der Waals surface area contributed by atoms with Gasteiger partial charge >= 0.3 is 0 Å². The number of H-pyrrole nitrogens is 1. The van der Waals surface area contributed by atoms with E-state index < -0.39 is 0 Å². The standard InChI is InChI=1S/C14H17ClN2O/c1-18-13-5-9-12(6-10(13)15)17-11-4-2-3-8(7-16)14(9)11/h5-6,8,17H,2-4,7,16H2,1H3. The van der Waals surface area contributed by atoms with Crippen molar-refractivity contribution >= 4 is 22.5 Å². The van der Waals surface area contributed by atoms with Gasteiger partial charge in [0.05, 0.1) is 12.1 Å². The highest BCUT2D eigenvalue weighted by Gasteiger charge is 2.24. The van der Waals surface area contributed by atoms with Gasteiger partial charge in [0.15, 0.2) is 0 Å². The average Bonchev–Trinajstić information content (AvgIpc) is 2.74. The van der Waals surface area contributed by atoms with E-state index in [0.29, 0.717) is 17.5 Å². The highest BCUT2D eigenvalue weighted by atomic mass is 35.5. The van der Waals surface area contributed by atoms with Gasteiger partial charge in [-0.1, -0.05) is 11.6 Å². The van der Waals surface area contributed by atoms with Gasteiger partial charge in [0, 0.05) is 16.6 Å². The number of aromatic nitrogens is 1. The minimum atomic E-state index is 0.452. The van der Waals surface area contributed by atoms with Crippen LogP contribution in [0, 0.1) is 0 Å². The number of hydrogen-bond donors (Lipinski definition) is 2. The summed E-state index contributed by atoms with van der Waals surface area (Å²) in [5.74, 6) is 1.18. The van der Waals surface area contributed by atoms with Crippen molar-refractivity contribution in [1.29, 1.82) is 0 Å². The number of nitrogens with one attached hydrogen (secondary N) is 1. The van der Waals surface area contributed by atoms with E-state index in [4.69, 9.17) is 22.1 Å². The first-order chi connectivity index (χ1) is 8.74. The Balaban J connectivity index is 2.26. The number of rotatable bonds is 2. The summed E-state index contributed by atoms with van der Waals surface area (Å²) in [6.07, 6.45) is 3.47. The predicted molar refractivity (Wildman–Crippen MR) is 74.6 cm³/mol. The molecule has 3 N–H and O–H groups in total. The number of ether oxygens (including phenoxy) is 1. The van der Waals surface area contributed by atoms with Gasteiger partial charge in [-0.05, 0) is 49.4 Å². The van der Waals surface area contributed by atoms with Gasteiger partial charge in [-0.25, -0.2) is 0 Å². The Kier molecular flexibility index (Phi) is 2.96. The molecule has 1 heterocycles. The Hall–Kier alpha value is -1.19. The van der Waals surface area contributed by atoms with Crippen LogP contribution in [0.5, 0.6) is 5.75 Å². The maximum atomic E-state index is 6.17. The first-order valence-corrected chi connectivity index (χ1v) is 6.70. The van der Waals surface area contributed by atoms with Crippen molar-refractivity contribution in [1.82, 2.24) is 4.98 Å². The third kappa shape index (κ3) is 1.70. The van der Waals surface area contributed by atoms with E-state index in [2.05, 4.69) is 4.98 Å². The molecule has 3 nitrogen and oxygen atoms in total. The van der Waals surface area contributed by atoms with Crippen LogP contribution < -0.4 is 10.5 Å². The first kappa shape index (κ1) is 11.9. The Morgan fingerprint density at radius 1 is 1.50 bits per heavy atom. The molecule has 0 radical (unpaired) electrons. The molecule has 2 aromatic rings. The molecule has 0 saturated carbocycles. The summed E-state index contributed by atoms with van der Waals surface area (Å²) in [6.45, 7) is 0.699. The van der Waals surface area contributed by atoms with Crippen molar-refractivity contribution < 1.29 is 4.74 Å². The monoisotopic (exact) mass is 264 g/mol. The molecule has 0 spiro atoms. The molecule has 1 unspecified atom stereocenters. The fourth-order valence-electron chi connectivity index (χ4n) is 3.00. The van der Waals surface area contributed by atoms with Gasteiger partial charge in [-0.15, -0.1) is 0 Å². The minimum absolute atomic E-state index is 0.452. The molecular weight excluding hydrogens is 248 g/mol. The molecule has 3 rings (SSSR count). The van der Waals surface area contributed by atoms with Crippen LogP contribution in [-0.4, -0.2) is 18.6 Å². The molecule has 0 bridgehead atoms. The molecule has 96 valence electrons. The molecule has 1 aromatic carbocycles. The average molecular weight is 265 g/mol. The van der Waals surface area contributed by atoms with Crippen molar-refractivity contribution in [3.8, 4) is 5.75 Å². The highest BCUT2D eigenvalue weighted by Crippen LogP contribution is 2.39. The van der Waals surface area contributed by atoms with E-state index >= 15 is 0 Å². The summed E-state index contributed by atoms with van der Waals surface area (Å²) < 4.78 is 5.31. The normalized spacial score (nSPS) is 18.9. The third-order valence-electron chi connectivity index (χ3n) is 3.86.